The van der Waals surface area contributed by atoms with E-state index in [0.29, 0.717) is 16.7 Å². The molecule has 3 aromatic rings. The summed E-state index contributed by atoms with van der Waals surface area (Å²) in [7, 11) is 0. The Balaban J connectivity index is 2.07. The zero-order chi connectivity index (χ0) is 13.2. The molecule has 3 N–H and O–H groups in total. The largest absolute Gasteiger partial charge is 0.459 e. The minimum atomic E-state index is -0.364. The first kappa shape index (κ1) is 11.8. The number of hydrogen-bond donors (Lipinski definition) is 2. The average Bonchev–Trinajstić information content (AvgIpc) is 2.83. The van der Waals surface area contributed by atoms with Gasteiger partial charge in [0.15, 0.2) is 0 Å². The Morgan fingerprint density at radius 3 is 2.84 bits per heavy atom. The lowest BCUT2D eigenvalue weighted by atomic mass is 10.1. The second-order valence-corrected chi connectivity index (χ2v) is 4.19. The Morgan fingerprint density at radius 1 is 1.21 bits per heavy atom. The van der Waals surface area contributed by atoms with Crippen LogP contribution in [-0.2, 0) is 0 Å². The molecule has 4 nitrogen and oxygen atoms in total. The summed E-state index contributed by atoms with van der Waals surface area (Å²) in [6, 6.07) is 11.3. The van der Waals surface area contributed by atoms with E-state index in [9.17, 15) is 4.39 Å². The first-order chi connectivity index (χ1) is 9.28. The summed E-state index contributed by atoms with van der Waals surface area (Å²) in [6.07, 6.45) is 1.68. The van der Waals surface area contributed by atoms with Crippen molar-refractivity contribution in [1.29, 1.82) is 0 Å². The fourth-order valence-electron chi connectivity index (χ4n) is 2.04. The van der Waals surface area contributed by atoms with Gasteiger partial charge in [-0.2, -0.15) is 0 Å². The van der Waals surface area contributed by atoms with Crippen LogP contribution in [0.3, 0.4) is 0 Å². The number of benzene rings is 1. The van der Waals surface area contributed by atoms with Crippen molar-refractivity contribution in [3.63, 3.8) is 0 Å². The summed E-state index contributed by atoms with van der Waals surface area (Å²) in [4.78, 5) is 4.24. The highest BCUT2D eigenvalue weighted by atomic mass is 19.1. The number of hydrazine groups is 1. The van der Waals surface area contributed by atoms with Crippen molar-refractivity contribution in [2.24, 2.45) is 5.84 Å². The number of furan rings is 1. The summed E-state index contributed by atoms with van der Waals surface area (Å²) >= 11 is 0. The van der Waals surface area contributed by atoms with Crippen molar-refractivity contribution in [3.8, 4) is 0 Å². The topological polar surface area (TPSA) is 64.1 Å². The van der Waals surface area contributed by atoms with Crippen LogP contribution < -0.4 is 11.3 Å². The monoisotopic (exact) mass is 257 g/mol. The number of nitrogens with one attached hydrogen (secondary N) is 1. The van der Waals surface area contributed by atoms with Crippen molar-refractivity contribution < 1.29 is 8.81 Å². The van der Waals surface area contributed by atoms with Crippen LogP contribution in [0.5, 0.6) is 0 Å². The number of nitrogens with two attached hydrogens (primary N) is 1. The molecule has 0 radical (unpaired) electrons. The number of pyridine rings is 1. The van der Waals surface area contributed by atoms with Gasteiger partial charge in [0.1, 0.15) is 23.2 Å². The SMILES string of the molecule is NNC(c1ccccn1)c1cc2cc(F)ccc2o1. The number of halogens is 1. The van der Waals surface area contributed by atoms with Gasteiger partial charge in [-0.05, 0) is 36.4 Å². The van der Waals surface area contributed by atoms with Gasteiger partial charge < -0.3 is 4.42 Å². The summed E-state index contributed by atoms with van der Waals surface area (Å²) in [5.74, 6) is 5.87. The number of rotatable bonds is 3. The van der Waals surface area contributed by atoms with Crippen LogP contribution in [0, 0.1) is 5.82 Å². The van der Waals surface area contributed by atoms with E-state index in [0.717, 1.165) is 5.69 Å². The maximum atomic E-state index is 13.2. The third kappa shape index (κ3) is 2.21. The zero-order valence-corrected chi connectivity index (χ0v) is 10.0. The molecule has 1 atom stereocenters. The molecule has 0 spiro atoms. The molecule has 0 aliphatic carbocycles. The Kier molecular flexibility index (Phi) is 2.98. The van der Waals surface area contributed by atoms with E-state index in [4.69, 9.17) is 10.3 Å². The normalized spacial score (nSPS) is 12.7. The van der Waals surface area contributed by atoms with Crippen molar-refractivity contribution in [3.05, 3.63) is 65.9 Å². The van der Waals surface area contributed by atoms with Crippen LogP contribution in [-0.4, -0.2) is 4.98 Å². The molecular weight excluding hydrogens is 245 g/mol. The molecule has 19 heavy (non-hydrogen) atoms. The lowest BCUT2D eigenvalue weighted by Crippen LogP contribution is -2.29. The molecule has 0 aliphatic heterocycles. The van der Waals surface area contributed by atoms with E-state index in [-0.39, 0.29) is 11.9 Å². The second-order valence-electron chi connectivity index (χ2n) is 4.19. The summed E-state index contributed by atoms with van der Waals surface area (Å²) in [5, 5.41) is 0.700. The molecule has 0 fully saturated rings. The summed E-state index contributed by atoms with van der Waals surface area (Å²) < 4.78 is 18.8. The third-order valence-electron chi connectivity index (χ3n) is 2.93. The van der Waals surface area contributed by atoms with Gasteiger partial charge >= 0.3 is 0 Å². The number of nitrogens with zero attached hydrogens (tertiary/aromatic N) is 1. The van der Waals surface area contributed by atoms with Crippen LogP contribution >= 0.6 is 0 Å². The van der Waals surface area contributed by atoms with Crippen molar-refractivity contribution >= 4 is 11.0 Å². The van der Waals surface area contributed by atoms with E-state index < -0.39 is 0 Å². The molecule has 0 saturated heterocycles. The maximum Gasteiger partial charge on any atom is 0.134 e. The van der Waals surface area contributed by atoms with Gasteiger partial charge in [0.2, 0.25) is 0 Å². The zero-order valence-electron chi connectivity index (χ0n) is 10.0. The summed E-state index contributed by atoms with van der Waals surface area (Å²) in [5.41, 5.74) is 4.02. The molecule has 2 heterocycles. The van der Waals surface area contributed by atoms with Gasteiger partial charge in [0.25, 0.3) is 0 Å². The fourth-order valence-corrected chi connectivity index (χ4v) is 2.04. The lowest BCUT2D eigenvalue weighted by molar-refractivity contribution is 0.471. The molecule has 0 saturated carbocycles. The van der Waals surface area contributed by atoms with Gasteiger partial charge in [-0.15, -0.1) is 0 Å². The Hall–Kier alpha value is -2.24. The van der Waals surface area contributed by atoms with E-state index in [1.165, 1.54) is 12.1 Å². The van der Waals surface area contributed by atoms with Crippen LogP contribution in [0.2, 0.25) is 0 Å². The van der Waals surface area contributed by atoms with E-state index in [2.05, 4.69) is 10.4 Å². The first-order valence-corrected chi connectivity index (χ1v) is 5.84. The molecular formula is C14H12FN3O. The van der Waals surface area contributed by atoms with Crippen LogP contribution in [0.1, 0.15) is 17.5 Å². The number of aromatic nitrogens is 1. The highest BCUT2D eigenvalue weighted by Crippen LogP contribution is 2.27. The molecule has 0 aliphatic rings. The predicted molar refractivity (Wildman–Crippen MR) is 69.6 cm³/mol. The van der Waals surface area contributed by atoms with Crippen molar-refractivity contribution in [2.45, 2.75) is 6.04 Å². The van der Waals surface area contributed by atoms with Crippen LogP contribution in [0.15, 0.2) is 53.1 Å². The molecule has 1 aromatic carbocycles. The second kappa shape index (κ2) is 4.79. The third-order valence-corrected chi connectivity index (χ3v) is 2.93. The van der Waals surface area contributed by atoms with E-state index >= 15 is 0 Å². The Labute approximate surface area is 109 Å². The van der Waals surface area contributed by atoms with Gasteiger partial charge in [-0.1, -0.05) is 6.07 Å². The minimum Gasteiger partial charge on any atom is -0.459 e. The van der Waals surface area contributed by atoms with Crippen molar-refractivity contribution in [2.75, 3.05) is 0 Å². The molecule has 1 unspecified atom stereocenters. The average molecular weight is 257 g/mol. The lowest BCUT2D eigenvalue weighted by Gasteiger charge is -2.11. The maximum absolute atomic E-state index is 13.2. The van der Waals surface area contributed by atoms with Gasteiger partial charge in [-0.3, -0.25) is 10.8 Å². The molecule has 3 rings (SSSR count). The Bertz CT molecular complexity index is 696. The fraction of sp³-hybridized carbons (Fsp3) is 0.0714. The molecule has 0 amide bonds. The molecule has 96 valence electrons. The number of fused-ring (bicyclic) bond motifs is 1. The molecule has 0 bridgehead atoms. The highest BCUT2D eigenvalue weighted by Gasteiger charge is 2.18. The predicted octanol–water partition coefficient (Wildman–Crippen LogP) is 2.52. The number of hydrogen-bond acceptors (Lipinski definition) is 4. The highest BCUT2D eigenvalue weighted by molar-refractivity contribution is 5.78. The molecule has 5 heteroatoms. The Morgan fingerprint density at radius 2 is 2.11 bits per heavy atom. The van der Waals surface area contributed by atoms with Gasteiger partial charge in [0, 0.05) is 11.6 Å². The molecule has 2 aromatic heterocycles. The first-order valence-electron chi connectivity index (χ1n) is 5.84. The van der Waals surface area contributed by atoms with Crippen LogP contribution in [0.25, 0.3) is 11.0 Å². The van der Waals surface area contributed by atoms with E-state index in [1.54, 1.807) is 18.3 Å². The van der Waals surface area contributed by atoms with Crippen molar-refractivity contribution in [1.82, 2.24) is 10.4 Å². The van der Waals surface area contributed by atoms with Gasteiger partial charge in [-0.25, -0.2) is 9.82 Å². The smallest absolute Gasteiger partial charge is 0.134 e. The van der Waals surface area contributed by atoms with Gasteiger partial charge in [0.05, 0.1) is 5.69 Å². The minimum absolute atomic E-state index is 0.296. The van der Waals surface area contributed by atoms with Crippen LogP contribution in [0.4, 0.5) is 4.39 Å². The standard InChI is InChI=1S/C14H12FN3O/c15-10-4-5-12-9(7-10)8-13(19-12)14(18-16)11-3-1-2-6-17-11/h1-8,14,18H,16H2. The summed E-state index contributed by atoms with van der Waals surface area (Å²) in [6.45, 7) is 0. The quantitative estimate of drug-likeness (QED) is 0.559. The van der Waals surface area contributed by atoms with E-state index in [1.807, 2.05) is 18.2 Å².